The van der Waals surface area contributed by atoms with Gasteiger partial charge in [0.15, 0.2) is 0 Å². The van der Waals surface area contributed by atoms with Crippen LogP contribution in [0.3, 0.4) is 0 Å². The van der Waals surface area contributed by atoms with Crippen molar-refractivity contribution in [2.75, 3.05) is 18.4 Å². The van der Waals surface area contributed by atoms with E-state index in [1.54, 1.807) is 0 Å². The molecule has 5 heteroatoms. The van der Waals surface area contributed by atoms with Gasteiger partial charge in [-0.3, -0.25) is 9.69 Å². The van der Waals surface area contributed by atoms with E-state index in [1.807, 2.05) is 54.6 Å². The molecule has 2 heterocycles. The molecule has 29 heavy (non-hydrogen) atoms. The van der Waals surface area contributed by atoms with Crippen molar-refractivity contribution >= 4 is 11.6 Å². The highest BCUT2D eigenvalue weighted by Crippen LogP contribution is 2.31. The summed E-state index contributed by atoms with van der Waals surface area (Å²) in [7, 11) is 2.06. The smallest absolute Gasteiger partial charge is 0.238 e. The monoisotopic (exact) mass is 389 g/mol. The number of ether oxygens (including phenoxy) is 1. The SMILES string of the molecule is Cn1cccc1C1CCCN1CC(=O)Nc1ccc(OCc2ccccc2)cc1. The quantitative estimate of drug-likeness (QED) is 0.652. The van der Waals surface area contributed by atoms with Gasteiger partial charge in [0, 0.05) is 24.6 Å². The van der Waals surface area contributed by atoms with Gasteiger partial charge >= 0.3 is 0 Å². The molecule has 5 nitrogen and oxygen atoms in total. The molecule has 1 atom stereocenters. The highest BCUT2D eigenvalue weighted by Gasteiger charge is 2.28. The number of hydrogen-bond donors (Lipinski definition) is 1. The molecule has 1 amide bonds. The van der Waals surface area contributed by atoms with E-state index in [0.29, 0.717) is 19.2 Å². The van der Waals surface area contributed by atoms with Gasteiger partial charge in [-0.05, 0) is 61.3 Å². The summed E-state index contributed by atoms with van der Waals surface area (Å²) in [5.41, 5.74) is 3.19. The molecular formula is C24H27N3O2. The lowest BCUT2D eigenvalue weighted by atomic mass is 10.1. The van der Waals surface area contributed by atoms with E-state index >= 15 is 0 Å². The van der Waals surface area contributed by atoms with Gasteiger partial charge in [-0.1, -0.05) is 30.3 Å². The van der Waals surface area contributed by atoms with Crippen LogP contribution in [-0.4, -0.2) is 28.5 Å². The number of likely N-dealkylation sites (tertiary alicyclic amines) is 1. The minimum Gasteiger partial charge on any atom is -0.489 e. The number of carbonyl (C=O) groups is 1. The van der Waals surface area contributed by atoms with Gasteiger partial charge in [0.2, 0.25) is 5.91 Å². The second kappa shape index (κ2) is 8.97. The maximum Gasteiger partial charge on any atom is 0.238 e. The Morgan fingerprint density at radius 1 is 1.07 bits per heavy atom. The maximum absolute atomic E-state index is 12.6. The van der Waals surface area contributed by atoms with E-state index in [9.17, 15) is 4.79 Å². The van der Waals surface area contributed by atoms with Crippen LogP contribution in [0, 0.1) is 0 Å². The van der Waals surface area contributed by atoms with E-state index in [-0.39, 0.29) is 5.91 Å². The molecule has 1 unspecified atom stereocenters. The number of benzene rings is 2. The summed E-state index contributed by atoms with van der Waals surface area (Å²) >= 11 is 0. The van der Waals surface area contributed by atoms with E-state index in [1.165, 1.54) is 5.69 Å². The first-order valence-electron chi connectivity index (χ1n) is 10.1. The number of aryl methyl sites for hydroxylation is 1. The van der Waals surface area contributed by atoms with Crippen molar-refractivity contribution in [2.24, 2.45) is 7.05 Å². The van der Waals surface area contributed by atoms with E-state index in [0.717, 1.165) is 36.4 Å². The summed E-state index contributed by atoms with van der Waals surface area (Å²) in [6.45, 7) is 1.89. The summed E-state index contributed by atoms with van der Waals surface area (Å²) < 4.78 is 7.95. The molecule has 2 aromatic carbocycles. The fourth-order valence-corrected chi connectivity index (χ4v) is 3.93. The largest absolute Gasteiger partial charge is 0.489 e. The second-order valence-electron chi connectivity index (χ2n) is 7.52. The van der Waals surface area contributed by atoms with Crippen LogP contribution in [0.4, 0.5) is 5.69 Å². The van der Waals surface area contributed by atoms with Gasteiger partial charge < -0.3 is 14.6 Å². The number of nitrogens with one attached hydrogen (secondary N) is 1. The van der Waals surface area contributed by atoms with Crippen LogP contribution in [0.2, 0.25) is 0 Å². The Kier molecular flexibility index (Phi) is 5.96. The van der Waals surface area contributed by atoms with Crippen LogP contribution >= 0.6 is 0 Å². The first-order chi connectivity index (χ1) is 14.2. The third-order valence-corrected chi connectivity index (χ3v) is 5.42. The van der Waals surface area contributed by atoms with Crippen LogP contribution in [0.1, 0.15) is 30.1 Å². The van der Waals surface area contributed by atoms with Crippen molar-refractivity contribution in [3.05, 3.63) is 84.2 Å². The molecule has 1 aliphatic heterocycles. The molecule has 0 spiro atoms. The zero-order valence-corrected chi connectivity index (χ0v) is 16.8. The Morgan fingerprint density at radius 3 is 2.59 bits per heavy atom. The summed E-state index contributed by atoms with van der Waals surface area (Å²) in [6, 6.07) is 22.1. The minimum atomic E-state index is 0.0177. The first-order valence-corrected chi connectivity index (χ1v) is 10.1. The predicted octanol–water partition coefficient (Wildman–Crippen LogP) is 4.38. The fourth-order valence-electron chi connectivity index (χ4n) is 3.93. The number of amides is 1. The molecule has 0 saturated carbocycles. The Hall–Kier alpha value is -3.05. The molecule has 1 aromatic heterocycles. The minimum absolute atomic E-state index is 0.0177. The van der Waals surface area contributed by atoms with Crippen molar-refractivity contribution in [2.45, 2.75) is 25.5 Å². The highest BCUT2D eigenvalue weighted by atomic mass is 16.5. The Morgan fingerprint density at radius 2 is 1.86 bits per heavy atom. The normalized spacial score (nSPS) is 16.7. The van der Waals surface area contributed by atoms with Crippen LogP contribution in [-0.2, 0) is 18.4 Å². The Bertz CT molecular complexity index is 934. The topological polar surface area (TPSA) is 46.5 Å². The molecule has 0 radical (unpaired) electrons. The second-order valence-corrected chi connectivity index (χ2v) is 7.52. The lowest BCUT2D eigenvalue weighted by molar-refractivity contribution is -0.117. The van der Waals surface area contributed by atoms with Gasteiger partial charge in [-0.25, -0.2) is 0 Å². The van der Waals surface area contributed by atoms with E-state index in [4.69, 9.17) is 4.74 Å². The number of anilines is 1. The van der Waals surface area contributed by atoms with Crippen molar-refractivity contribution in [3.8, 4) is 5.75 Å². The average Bonchev–Trinajstić information content (AvgIpc) is 3.36. The molecule has 150 valence electrons. The van der Waals surface area contributed by atoms with Crippen LogP contribution in [0.25, 0.3) is 0 Å². The third-order valence-electron chi connectivity index (χ3n) is 5.42. The molecule has 0 aliphatic carbocycles. The van der Waals surface area contributed by atoms with Crippen molar-refractivity contribution in [1.82, 2.24) is 9.47 Å². The predicted molar refractivity (Wildman–Crippen MR) is 115 cm³/mol. The Labute approximate surface area is 171 Å². The molecule has 1 N–H and O–H groups in total. The number of aromatic nitrogens is 1. The number of rotatable bonds is 7. The Balaban J connectivity index is 1.30. The molecule has 0 bridgehead atoms. The van der Waals surface area contributed by atoms with Gasteiger partial charge in [-0.15, -0.1) is 0 Å². The maximum atomic E-state index is 12.6. The molecule has 1 aliphatic rings. The number of hydrogen-bond acceptors (Lipinski definition) is 3. The summed E-state index contributed by atoms with van der Waals surface area (Å²) in [4.78, 5) is 14.8. The first kappa shape index (κ1) is 19.3. The van der Waals surface area contributed by atoms with Crippen molar-refractivity contribution in [3.63, 3.8) is 0 Å². The van der Waals surface area contributed by atoms with E-state index in [2.05, 4.69) is 40.2 Å². The van der Waals surface area contributed by atoms with Crippen molar-refractivity contribution < 1.29 is 9.53 Å². The fraction of sp³-hybridized carbons (Fsp3) is 0.292. The molecule has 1 saturated heterocycles. The van der Waals surface area contributed by atoms with Crippen LogP contribution in [0.15, 0.2) is 72.9 Å². The lowest BCUT2D eigenvalue weighted by Crippen LogP contribution is -2.33. The van der Waals surface area contributed by atoms with Crippen molar-refractivity contribution in [1.29, 1.82) is 0 Å². The van der Waals surface area contributed by atoms with Crippen LogP contribution < -0.4 is 10.1 Å². The van der Waals surface area contributed by atoms with Gasteiger partial charge in [0.25, 0.3) is 0 Å². The zero-order valence-electron chi connectivity index (χ0n) is 16.8. The van der Waals surface area contributed by atoms with Gasteiger partial charge in [0.1, 0.15) is 12.4 Å². The molecule has 3 aromatic rings. The zero-order chi connectivity index (χ0) is 20.1. The summed E-state index contributed by atoms with van der Waals surface area (Å²) in [5, 5.41) is 3.01. The number of nitrogens with zero attached hydrogens (tertiary/aromatic N) is 2. The summed E-state index contributed by atoms with van der Waals surface area (Å²) in [5.74, 6) is 0.805. The third kappa shape index (κ3) is 4.87. The standard InChI is InChI=1S/C24H27N3O2/c1-26-15-5-9-22(26)23-10-6-16-27(23)17-24(28)25-20-11-13-21(14-12-20)29-18-19-7-3-2-4-8-19/h2-5,7-9,11-15,23H,6,10,16-18H2,1H3,(H,25,28). The number of carbonyl (C=O) groups excluding carboxylic acids is 1. The molecule has 1 fully saturated rings. The molecule has 4 rings (SSSR count). The van der Waals surface area contributed by atoms with E-state index < -0.39 is 0 Å². The molecular weight excluding hydrogens is 362 g/mol. The summed E-state index contributed by atoms with van der Waals surface area (Å²) in [6.07, 6.45) is 4.28. The van der Waals surface area contributed by atoms with Gasteiger partial charge in [0.05, 0.1) is 12.6 Å². The lowest BCUT2D eigenvalue weighted by Gasteiger charge is -2.24. The van der Waals surface area contributed by atoms with Gasteiger partial charge in [-0.2, -0.15) is 0 Å². The highest BCUT2D eigenvalue weighted by molar-refractivity contribution is 5.92. The van der Waals surface area contributed by atoms with Crippen LogP contribution in [0.5, 0.6) is 5.75 Å². The average molecular weight is 389 g/mol.